The number of carbonyl (C=O) groups is 2. The van der Waals surface area contributed by atoms with Crippen molar-refractivity contribution in [2.45, 2.75) is 12.5 Å². The van der Waals surface area contributed by atoms with Gasteiger partial charge in [0.05, 0.1) is 38.3 Å². The molecule has 0 aliphatic carbocycles. The van der Waals surface area contributed by atoms with E-state index in [1.54, 1.807) is 18.5 Å². The molecule has 3 heterocycles. The monoisotopic (exact) mass is 464 g/mol. The third-order valence-corrected chi connectivity index (χ3v) is 5.68. The van der Waals surface area contributed by atoms with E-state index in [0.717, 1.165) is 35.7 Å². The molecule has 0 bridgehead atoms. The molecule has 2 aliphatic heterocycles. The topological polar surface area (TPSA) is 70.8 Å². The molecule has 26 heavy (non-hydrogen) atoms. The Balaban J connectivity index is 1.44. The fourth-order valence-electron chi connectivity index (χ4n) is 3.61. The van der Waals surface area contributed by atoms with Crippen molar-refractivity contribution in [2.75, 3.05) is 36.0 Å². The van der Waals surface area contributed by atoms with Gasteiger partial charge in [0, 0.05) is 16.0 Å². The molecule has 2 fully saturated rings. The molecule has 2 amide bonds. The van der Waals surface area contributed by atoms with Crippen LogP contribution in [-0.2, 0) is 9.59 Å². The number of carbonyl (C=O) groups excluding carboxylic acids is 2. The van der Waals surface area contributed by atoms with Crippen molar-refractivity contribution >= 4 is 46.0 Å². The van der Waals surface area contributed by atoms with Gasteiger partial charge in [-0.25, -0.2) is 14.9 Å². The molecule has 1 N–H and O–H groups in total. The molecule has 0 saturated carbocycles. The summed E-state index contributed by atoms with van der Waals surface area (Å²) in [7, 11) is 0. The summed E-state index contributed by atoms with van der Waals surface area (Å²) in [5.74, 6) is 0.527. The largest absolute Gasteiger partial charge is 0.330 e. The van der Waals surface area contributed by atoms with Gasteiger partial charge in [0.15, 0.2) is 6.04 Å². The highest BCUT2D eigenvalue weighted by Gasteiger charge is 2.46. The van der Waals surface area contributed by atoms with Crippen LogP contribution in [0.5, 0.6) is 0 Å². The Morgan fingerprint density at radius 3 is 2.35 bits per heavy atom. The van der Waals surface area contributed by atoms with Crippen LogP contribution in [-0.4, -0.2) is 54.0 Å². The zero-order valence-corrected chi connectivity index (χ0v) is 16.3. The molecule has 4 rings (SSSR count). The summed E-state index contributed by atoms with van der Waals surface area (Å²) in [6.45, 7) is 3.15. The van der Waals surface area contributed by atoms with Gasteiger partial charge in [0.25, 0.3) is 5.91 Å². The second-order valence-corrected chi connectivity index (χ2v) is 7.74. The standard InChI is InChI=1S/C18H18IN5O2/c19-13-2-4-14(5-3-13)24-16(25)12-15(17(24)26)22-8-10-23(11-9-22)18-20-6-1-7-21-18/h1-7,15H,8-12H2/p+1/t15-/m0/s1. The molecule has 2 saturated heterocycles. The second-order valence-electron chi connectivity index (χ2n) is 6.49. The number of nitrogens with one attached hydrogen (secondary N) is 1. The Bertz CT molecular complexity index is 806. The number of hydrogen-bond donors (Lipinski definition) is 1. The predicted octanol–water partition coefficient (Wildman–Crippen LogP) is 0.118. The van der Waals surface area contributed by atoms with Crippen LogP contribution in [0.2, 0.25) is 0 Å². The molecule has 1 aromatic carbocycles. The van der Waals surface area contributed by atoms with Crippen molar-refractivity contribution in [3.8, 4) is 0 Å². The van der Waals surface area contributed by atoms with Crippen LogP contribution >= 0.6 is 22.6 Å². The molecule has 1 aromatic heterocycles. The van der Waals surface area contributed by atoms with Crippen LogP contribution in [0.15, 0.2) is 42.7 Å². The molecular weight excluding hydrogens is 445 g/mol. The quantitative estimate of drug-likeness (QED) is 0.517. The first-order valence-corrected chi connectivity index (χ1v) is 9.70. The molecule has 2 aromatic rings. The molecule has 0 unspecified atom stereocenters. The zero-order valence-electron chi connectivity index (χ0n) is 14.1. The van der Waals surface area contributed by atoms with Crippen LogP contribution in [0.1, 0.15) is 6.42 Å². The average Bonchev–Trinajstić information content (AvgIpc) is 2.98. The van der Waals surface area contributed by atoms with E-state index in [2.05, 4.69) is 37.5 Å². The Hall–Kier alpha value is -2.07. The highest BCUT2D eigenvalue weighted by atomic mass is 127. The molecular formula is C18H19IN5O2+. The molecule has 8 heteroatoms. The lowest BCUT2D eigenvalue weighted by Gasteiger charge is -2.34. The normalized spacial score (nSPS) is 21.5. The minimum absolute atomic E-state index is 0.0874. The fraction of sp³-hybridized carbons (Fsp3) is 0.333. The van der Waals surface area contributed by atoms with Crippen LogP contribution in [0, 0.1) is 3.57 Å². The van der Waals surface area contributed by atoms with Crippen molar-refractivity contribution in [1.82, 2.24) is 9.97 Å². The van der Waals surface area contributed by atoms with Crippen molar-refractivity contribution < 1.29 is 14.5 Å². The fourth-order valence-corrected chi connectivity index (χ4v) is 3.97. The van der Waals surface area contributed by atoms with Gasteiger partial charge >= 0.3 is 0 Å². The zero-order chi connectivity index (χ0) is 18.1. The van der Waals surface area contributed by atoms with Gasteiger partial charge in [0.1, 0.15) is 0 Å². The second kappa shape index (κ2) is 7.28. The summed E-state index contributed by atoms with van der Waals surface area (Å²) in [4.78, 5) is 38.6. The third kappa shape index (κ3) is 3.30. The number of nitrogens with zero attached hydrogens (tertiary/aromatic N) is 4. The van der Waals surface area contributed by atoms with Gasteiger partial charge in [-0.1, -0.05) is 0 Å². The number of imide groups is 1. The number of aromatic nitrogens is 2. The summed E-state index contributed by atoms with van der Waals surface area (Å²) >= 11 is 2.21. The van der Waals surface area contributed by atoms with E-state index >= 15 is 0 Å². The third-order valence-electron chi connectivity index (χ3n) is 4.96. The minimum Gasteiger partial charge on any atom is -0.330 e. The van der Waals surface area contributed by atoms with E-state index < -0.39 is 0 Å². The molecule has 0 spiro atoms. The van der Waals surface area contributed by atoms with E-state index in [4.69, 9.17) is 0 Å². The Labute approximate surface area is 165 Å². The molecule has 134 valence electrons. The van der Waals surface area contributed by atoms with Gasteiger partial charge in [-0.05, 0) is 52.9 Å². The first-order valence-electron chi connectivity index (χ1n) is 8.62. The van der Waals surface area contributed by atoms with Crippen LogP contribution in [0.4, 0.5) is 11.6 Å². The number of hydrogen-bond acceptors (Lipinski definition) is 5. The maximum atomic E-state index is 12.9. The van der Waals surface area contributed by atoms with Gasteiger partial charge in [-0.15, -0.1) is 0 Å². The predicted molar refractivity (Wildman–Crippen MR) is 105 cm³/mol. The summed E-state index contributed by atoms with van der Waals surface area (Å²) in [5.41, 5.74) is 0.665. The number of piperazine rings is 1. The molecule has 0 radical (unpaired) electrons. The van der Waals surface area contributed by atoms with Crippen molar-refractivity contribution in [2.24, 2.45) is 0 Å². The average molecular weight is 464 g/mol. The lowest BCUT2D eigenvalue weighted by atomic mass is 10.2. The lowest BCUT2D eigenvalue weighted by molar-refractivity contribution is -0.915. The maximum Gasteiger partial charge on any atom is 0.292 e. The maximum absolute atomic E-state index is 12.9. The summed E-state index contributed by atoms with van der Waals surface area (Å²) < 4.78 is 1.08. The SMILES string of the molecule is O=C1C[C@H]([NH+]2CCN(c3ncccn3)CC2)C(=O)N1c1ccc(I)cc1. The number of halogens is 1. The van der Waals surface area contributed by atoms with Crippen molar-refractivity contribution in [1.29, 1.82) is 0 Å². The summed E-state index contributed by atoms with van der Waals surface area (Å²) in [6, 6.07) is 9.00. The number of quaternary nitrogens is 1. The number of anilines is 2. The van der Waals surface area contributed by atoms with E-state index in [1.165, 1.54) is 9.80 Å². The number of rotatable bonds is 3. The van der Waals surface area contributed by atoms with E-state index in [1.807, 2.05) is 24.3 Å². The van der Waals surface area contributed by atoms with Crippen molar-refractivity contribution in [3.63, 3.8) is 0 Å². The Morgan fingerprint density at radius 2 is 1.69 bits per heavy atom. The summed E-state index contributed by atoms with van der Waals surface area (Å²) in [6.07, 6.45) is 3.75. The first-order chi connectivity index (χ1) is 12.6. The highest BCUT2D eigenvalue weighted by Crippen LogP contribution is 2.23. The van der Waals surface area contributed by atoms with E-state index in [0.29, 0.717) is 5.69 Å². The Morgan fingerprint density at radius 1 is 1.04 bits per heavy atom. The van der Waals surface area contributed by atoms with E-state index in [9.17, 15) is 9.59 Å². The smallest absolute Gasteiger partial charge is 0.292 e. The first kappa shape index (κ1) is 17.3. The van der Waals surface area contributed by atoms with E-state index in [-0.39, 0.29) is 24.3 Å². The van der Waals surface area contributed by atoms with Gasteiger partial charge in [-0.2, -0.15) is 0 Å². The molecule has 1 atom stereocenters. The Kier molecular flexibility index (Phi) is 4.86. The molecule has 7 nitrogen and oxygen atoms in total. The lowest BCUT2D eigenvalue weighted by Crippen LogP contribution is -3.19. The molecule has 2 aliphatic rings. The number of amides is 2. The van der Waals surface area contributed by atoms with Crippen molar-refractivity contribution in [3.05, 3.63) is 46.3 Å². The minimum atomic E-state index is -0.291. The van der Waals surface area contributed by atoms with Gasteiger partial charge < -0.3 is 9.80 Å². The van der Waals surface area contributed by atoms with Gasteiger partial charge in [0.2, 0.25) is 11.9 Å². The van der Waals surface area contributed by atoms with Crippen LogP contribution in [0.3, 0.4) is 0 Å². The van der Waals surface area contributed by atoms with Crippen LogP contribution in [0.25, 0.3) is 0 Å². The highest BCUT2D eigenvalue weighted by molar-refractivity contribution is 14.1. The van der Waals surface area contributed by atoms with Crippen LogP contribution < -0.4 is 14.7 Å². The number of benzene rings is 1. The van der Waals surface area contributed by atoms with Gasteiger partial charge in [-0.3, -0.25) is 9.59 Å². The summed E-state index contributed by atoms with van der Waals surface area (Å²) in [5, 5.41) is 0.